The van der Waals surface area contributed by atoms with Crippen LogP contribution in [-0.4, -0.2) is 54.5 Å². The Morgan fingerprint density at radius 3 is 2.10 bits per heavy atom. The highest BCUT2D eigenvalue weighted by molar-refractivity contribution is 7.52. The van der Waals surface area contributed by atoms with Crippen LogP contribution in [0.15, 0.2) is 125 Å². The number of hydrazine groups is 1. The van der Waals surface area contributed by atoms with Crippen LogP contribution < -0.4 is 32.3 Å². The van der Waals surface area contributed by atoms with Gasteiger partial charge < -0.3 is 34.9 Å². The quantitative estimate of drug-likeness (QED) is 0.0207. The first-order valence-electron chi connectivity index (χ1n) is 19.0. The number of carbonyl (C=O) groups excluding carboxylic acids is 3. The Morgan fingerprint density at radius 1 is 0.867 bits per heavy atom. The summed E-state index contributed by atoms with van der Waals surface area (Å²) >= 11 is 0. The summed E-state index contributed by atoms with van der Waals surface area (Å²) in [5.74, 6) is 4.69. The van der Waals surface area contributed by atoms with Crippen molar-refractivity contribution in [1.82, 2.24) is 15.0 Å². The standard InChI is InChI=1S/C43H47N8O8P/c1-46-42(53)35-24-51(38(48-41(52)32-21-22-32)23-37(35)47-36-16-10-15-34(39(36)56-3)40(44)49-50(2)45)28-57-43(54)33-19-17-30(18-20-33)26-59-60(55,27-31-13-8-5-9-14-31)58-25-29-11-6-4-7-12-29/h4-20,23-24,32H,21-22,25-28,45H2,1-3H3,(H2,44,49)(H,46,53)(H,48,52). The molecule has 1 aliphatic rings. The normalized spacial score (nSPS) is 13.9. The fraction of sp³-hybridized carbons (Fsp3) is 0.233. The Balaban J connectivity index is 1.21. The molecule has 6 N–H and O–H groups in total. The molecule has 16 nitrogen and oxygen atoms in total. The minimum absolute atomic E-state index is 0.0318. The number of hydrogen-bond acceptors (Lipinski definition) is 12. The Kier molecular flexibility index (Phi) is 14.3. The van der Waals surface area contributed by atoms with Crippen LogP contribution in [0.4, 0.5) is 11.5 Å². The summed E-state index contributed by atoms with van der Waals surface area (Å²) in [6, 6.07) is 31.8. The summed E-state index contributed by atoms with van der Waals surface area (Å²) in [6.45, 7) is -0.284. The molecule has 4 aromatic carbocycles. The van der Waals surface area contributed by atoms with Crippen molar-refractivity contribution in [3.63, 3.8) is 0 Å². The minimum atomic E-state index is -3.60. The van der Waals surface area contributed by atoms with Crippen LogP contribution in [0.5, 0.6) is 5.75 Å². The molecule has 1 heterocycles. The molecule has 0 spiro atoms. The zero-order valence-corrected chi connectivity index (χ0v) is 34.3. The van der Waals surface area contributed by atoms with Gasteiger partial charge in [-0.3, -0.25) is 18.7 Å². The van der Waals surface area contributed by atoms with Crippen molar-refractivity contribution in [2.24, 2.45) is 27.6 Å². The second-order valence-corrected chi connectivity index (χ2v) is 15.9. The van der Waals surface area contributed by atoms with Crippen LogP contribution >= 0.6 is 7.60 Å². The molecule has 0 saturated heterocycles. The number of benzene rings is 4. The summed E-state index contributed by atoms with van der Waals surface area (Å²) in [7, 11) is 0.831. The van der Waals surface area contributed by atoms with Crippen molar-refractivity contribution in [2.45, 2.75) is 38.9 Å². The van der Waals surface area contributed by atoms with Crippen molar-refractivity contribution in [2.75, 3.05) is 26.5 Å². The molecule has 5 aromatic rings. The number of carbonyl (C=O) groups is 3. The van der Waals surface area contributed by atoms with Gasteiger partial charge >= 0.3 is 13.6 Å². The summed E-state index contributed by atoms with van der Waals surface area (Å²) in [5.41, 5.74) is 9.57. The summed E-state index contributed by atoms with van der Waals surface area (Å²) in [5, 5.41) is 10.8. The zero-order chi connectivity index (χ0) is 42.6. The fourth-order valence-electron chi connectivity index (χ4n) is 5.96. The van der Waals surface area contributed by atoms with E-state index in [0.717, 1.165) is 29.1 Å². The number of para-hydroxylation sites is 1. The number of rotatable bonds is 18. The lowest BCUT2D eigenvalue weighted by molar-refractivity contribution is -0.117. The molecule has 6 rings (SSSR count). The maximum Gasteiger partial charge on any atom is 0.339 e. The Bertz CT molecular complexity index is 2460. The predicted molar refractivity (Wildman–Crippen MR) is 226 cm³/mol. The van der Waals surface area contributed by atoms with Crippen LogP contribution in [0.1, 0.15) is 55.8 Å². The zero-order valence-electron chi connectivity index (χ0n) is 33.4. The van der Waals surface area contributed by atoms with Gasteiger partial charge in [-0.05, 0) is 53.8 Å². The number of anilines is 1. The van der Waals surface area contributed by atoms with E-state index in [1.807, 2.05) is 60.7 Å². The number of methoxy groups -OCH3 is 1. The minimum Gasteiger partial charge on any atom is -0.494 e. The first-order chi connectivity index (χ1) is 28.9. The lowest BCUT2D eigenvalue weighted by atomic mass is 10.1. The number of nitrogens with one attached hydrogen (secondary N) is 2. The van der Waals surface area contributed by atoms with Gasteiger partial charge in [-0.2, -0.15) is 0 Å². The van der Waals surface area contributed by atoms with E-state index in [9.17, 15) is 18.9 Å². The van der Waals surface area contributed by atoms with Crippen molar-refractivity contribution < 1.29 is 37.5 Å². The lowest BCUT2D eigenvalue weighted by Crippen LogP contribution is -2.29. The third-order valence-electron chi connectivity index (χ3n) is 9.24. The number of hydrazone groups is 1. The van der Waals surface area contributed by atoms with E-state index in [2.05, 4.69) is 15.7 Å². The summed E-state index contributed by atoms with van der Waals surface area (Å²) < 4.78 is 38.6. The topological polar surface area (TPSA) is 214 Å². The molecule has 1 atom stereocenters. The first-order valence-corrected chi connectivity index (χ1v) is 20.7. The van der Waals surface area contributed by atoms with Crippen LogP contribution in [-0.2, 0) is 49.3 Å². The van der Waals surface area contributed by atoms with Gasteiger partial charge in [0, 0.05) is 32.3 Å². The smallest absolute Gasteiger partial charge is 0.339 e. The molecule has 1 saturated carbocycles. The molecule has 1 unspecified atom stereocenters. The molecule has 1 fully saturated rings. The number of nitrogens with two attached hydrogens (primary N) is 2. The molecular formula is C43H47N8O8P. The maximum absolute atomic E-state index is 14.0. The number of hydrogen-bond donors (Lipinski definition) is 4. The van der Waals surface area contributed by atoms with Crippen molar-refractivity contribution in [1.29, 1.82) is 0 Å². The average molecular weight is 835 g/mol. The van der Waals surface area contributed by atoms with E-state index in [1.165, 1.54) is 38.0 Å². The number of amidine groups is 1. The molecular weight excluding hydrogens is 787 g/mol. The number of ether oxygens (including phenoxy) is 2. The number of pyridine rings is 1. The number of aromatic nitrogens is 1. The number of esters is 1. The fourth-order valence-corrected chi connectivity index (χ4v) is 7.57. The number of amides is 2. The Labute approximate surface area is 347 Å². The highest BCUT2D eigenvalue weighted by Crippen LogP contribution is 2.53. The van der Waals surface area contributed by atoms with Gasteiger partial charge in [-0.1, -0.05) is 78.9 Å². The van der Waals surface area contributed by atoms with Gasteiger partial charge in [0.2, 0.25) is 5.91 Å². The van der Waals surface area contributed by atoms with Crippen LogP contribution in [0.25, 0.3) is 0 Å². The molecule has 312 valence electrons. The monoisotopic (exact) mass is 834 g/mol. The second-order valence-electron chi connectivity index (χ2n) is 13.8. The van der Waals surface area contributed by atoms with Crippen molar-refractivity contribution >= 4 is 42.7 Å². The molecule has 1 aromatic heterocycles. The van der Waals surface area contributed by atoms with E-state index in [0.29, 0.717) is 16.8 Å². The molecule has 1 aliphatic carbocycles. The molecule has 17 heteroatoms. The van der Waals surface area contributed by atoms with E-state index >= 15 is 0 Å². The van der Waals surface area contributed by atoms with Gasteiger partial charge in [0.1, 0.15) is 11.5 Å². The lowest BCUT2D eigenvalue weighted by Gasteiger charge is -2.19. The van der Waals surface area contributed by atoms with Gasteiger partial charge in [0.25, 0.3) is 5.91 Å². The SMILES string of the molecule is CNC(=O)c1cn(COC(=O)c2ccc(COP(=O)(Cc3ccccc3)OCc3ccccc3)cc2)c(NC(=O)C2CC2)cc1=Nc1cccc(/C(N)=N/N(C)N)c1OC. The molecule has 0 aliphatic heterocycles. The summed E-state index contributed by atoms with van der Waals surface area (Å²) in [6.07, 6.45) is 3.01. The van der Waals surface area contributed by atoms with Crippen molar-refractivity contribution in [3.05, 3.63) is 154 Å². The Morgan fingerprint density at radius 2 is 1.50 bits per heavy atom. The third kappa shape index (κ3) is 11.5. The highest BCUT2D eigenvalue weighted by atomic mass is 31.2. The average Bonchev–Trinajstić information content (AvgIpc) is 4.11. The second kappa shape index (κ2) is 19.9. The van der Waals surface area contributed by atoms with E-state index in [1.54, 1.807) is 42.5 Å². The Hall–Kier alpha value is -6.58. The third-order valence-corrected chi connectivity index (χ3v) is 11.0. The van der Waals surface area contributed by atoms with E-state index in [4.69, 9.17) is 35.1 Å². The van der Waals surface area contributed by atoms with Crippen LogP contribution in [0, 0.1) is 5.92 Å². The molecule has 0 radical (unpaired) electrons. The van der Waals surface area contributed by atoms with E-state index in [-0.39, 0.29) is 71.8 Å². The largest absolute Gasteiger partial charge is 0.494 e. The summed E-state index contributed by atoms with van der Waals surface area (Å²) in [4.78, 5) is 44.4. The van der Waals surface area contributed by atoms with Gasteiger partial charge in [-0.25, -0.2) is 20.7 Å². The first kappa shape index (κ1) is 43.0. The molecule has 0 bridgehead atoms. The molecule has 60 heavy (non-hydrogen) atoms. The van der Waals surface area contributed by atoms with Gasteiger partial charge in [-0.15, -0.1) is 5.10 Å². The van der Waals surface area contributed by atoms with Crippen molar-refractivity contribution in [3.8, 4) is 5.75 Å². The van der Waals surface area contributed by atoms with Gasteiger partial charge in [0.05, 0.1) is 48.5 Å². The van der Waals surface area contributed by atoms with Crippen LogP contribution in [0.2, 0.25) is 0 Å². The predicted octanol–water partition coefficient (Wildman–Crippen LogP) is 5.80. The molecule has 2 amide bonds. The van der Waals surface area contributed by atoms with Gasteiger partial charge in [0.15, 0.2) is 18.3 Å². The van der Waals surface area contributed by atoms with E-state index < -0.39 is 19.5 Å². The van der Waals surface area contributed by atoms with Crippen LogP contribution in [0.3, 0.4) is 0 Å². The maximum atomic E-state index is 14.0. The number of nitrogens with zero attached hydrogens (tertiary/aromatic N) is 4. The highest BCUT2D eigenvalue weighted by Gasteiger charge is 2.30.